The van der Waals surface area contributed by atoms with Crippen molar-refractivity contribution in [2.24, 2.45) is 0 Å². The lowest BCUT2D eigenvalue weighted by Crippen LogP contribution is -2.43. The Hall–Kier alpha value is -1.83. The van der Waals surface area contributed by atoms with Crippen LogP contribution in [0, 0.1) is 0 Å². The van der Waals surface area contributed by atoms with Crippen LogP contribution >= 0.6 is 11.8 Å². The molecule has 1 rings (SSSR count). The Bertz CT molecular complexity index is 381. The van der Waals surface area contributed by atoms with Crippen molar-refractivity contribution in [3.05, 3.63) is 12.7 Å². The van der Waals surface area contributed by atoms with Gasteiger partial charge in [-0.1, -0.05) is 17.8 Å². The number of amides is 4. The molecule has 1 heterocycles. The Morgan fingerprint density at radius 3 is 2.56 bits per heavy atom. The molecule has 7 nitrogen and oxygen atoms in total. The Morgan fingerprint density at radius 1 is 1.33 bits per heavy atom. The third-order valence-corrected chi connectivity index (χ3v) is 2.93. The van der Waals surface area contributed by atoms with Gasteiger partial charge in [0, 0.05) is 19.6 Å². The van der Waals surface area contributed by atoms with Crippen LogP contribution in [0.5, 0.6) is 0 Å². The van der Waals surface area contributed by atoms with Crippen molar-refractivity contribution in [3.8, 4) is 0 Å². The molecule has 18 heavy (non-hydrogen) atoms. The quantitative estimate of drug-likeness (QED) is 0.499. The van der Waals surface area contributed by atoms with Crippen LogP contribution in [-0.2, 0) is 14.4 Å². The van der Waals surface area contributed by atoms with Crippen molar-refractivity contribution in [1.82, 2.24) is 15.5 Å². The first-order chi connectivity index (χ1) is 8.56. The van der Waals surface area contributed by atoms with Gasteiger partial charge in [0.1, 0.15) is 0 Å². The molecule has 2 N–H and O–H groups in total. The molecule has 0 radical (unpaired) electrons. The maximum atomic E-state index is 11.2. The van der Waals surface area contributed by atoms with Gasteiger partial charge in [-0.05, 0) is 0 Å². The molecule has 0 aromatic heterocycles. The molecule has 0 bridgehead atoms. The van der Waals surface area contributed by atoms with E-state index in [2.05, 4.69) is 17.2 Å². The second-order valence-electron chi connectivity index (χ2n) is 3.35. The summed E-state index contributed by atoms with van der Waals surface area (Å²) in [6, 6.07) is 0. The molecule has 0 aromatic carbocycles. The van der Waals surface area contributed by atoms with Gasteiger partial charge in [-0.25, -0.2) is 0 Å². The van der Waals surface area contributed by atoms with Gasteiger partial charge in [0.25, 0.3) is 5.24 Å². The van der Waals surface area contributed by atoms with Crippen LogP contribution in [0.15, 0.2) is 12.7 Å². The van der Waals surface area contributed by atoms with E-state index in [1.54, 1.807) is 0 Å². The van der Waals surface area contributed by atoms with Gasteiger partial charge in [-0.2, -0.15) is 0 Å². The number of carbonyl (C=O) groups is 4. The summed E-state index contributed by atoms with van der Waals surface area (Å²) in [5.41, 5.74) is 0. The smallest absolute Gasteiger partial charge is 0.309 e. The SMILES string of the molecule is C=CCNC(=O)C(=O)NCCN1C(=O)CSC1=O. The fraction of sp³-hybridized carbons (Fsp3) is 0.400. The van der Waals surface area contributed by atoms with Gasteiger partial charge in [0.15, 0.2) is 0 Å². The average molecular weight is 271 g/mol. The van der Waals surface area contributed by atoms with Crippen molar-refractivity contribution < 1.29 is 19.2 Å². The molecule has 98 valence electrons. The first-order valence-electron chi connectivity index (χ1n) is 5.20. The summed E-state index contributed by atoms with van der Waals surface area (Å²) in [5, 5.41) is 4.30. The number of rotatable bonds is 5. The minimum Gasteiger partial charge on any atom is -0.346 e. The highest BCUT2D eigenvalue weighted by Gasteiger charge is 2.29. The van der Waals surface area contributed by atoms with Crippen molar-refractivity contribution in [3.63, 3.8) is 0 Å². The highest BCUT2D eigenvalue weighted by molar-refractivity contribution is 8.14. The molecule has 0 saturated carbocycles. The highest BCUT2D eigenvalue weighted by Crippen LogP contribution is 2.17. The lowest BCUT2D eigenvalue weighted by molar-refractivity contribution is -0.139. The third-order valence-electron chi connectivity index (χ3n) is 2.07. The molecular formula is C10H13N3O4S. The Labute approximate surface area is 108 Å². The van der Waals surface area contributed by atoms with Crippen molar-refractivity contribution in [1.29, 1.82) is 0 Å². The summed E-state index contributed by atoms with van der Waals surface area (Å²) in [7, 11) is 0. The second-order valence-corrected chi connectivity index (χ2v) is 4.28. The molecule has 4 amide bonds. The van der Waals surface area contributed by atoms with Crippen LogP contribution in [-0.4, -0.2) is 53.2 Å². The summed E-state index contributed by atoms with van der Waals surface area (Å²) in [6.07, 6.45) is 1.45. The normalized spacial score (nSPS) is 14.6. The minimum atomic E-state index is -0.802. The van der Waals surface area contributed by atoms with E-state index in [4.69, 9.17) is 0 Å². The van der Waals surface area contributed by atoms with Crippen molar-refractivity contribution >= 4 is 34.7 Å². The summed E-state index contributed by atoms with van der Waals surface area (Å²) < 4.78 is 0. The molecule has 0 spiro atoms. The number of carbonyl (C=O) groups excluding carboxylic acids is 4. The molecular weight excluding hydrogens is 258 g/mol. The van der Waals surface area contributed by atoms with Crippen LogP contribution in [0.1, 0.15) is 0 Å². The molecule has 1 fully saturated rings. The van der Waals surface area contributed by atoms with E-state index in [1.807, 2.05) is 0 Å². The Kier molecular flexibility index (Phi) is 5.37. The van der Waals surface area contributed by atoms with E-state index < -0.39 is 11.8 Å². The van der Waals surface area contributed by atoms with Crippen LogP contribution in [0.2, 0.25) is 0 Å². The zero-order chi connectivity index (χ0) is 13.5. The van der Waals surface area contributed by atoms with E-state index in [1.165, 1.54) is 6.08 Å². The van der Waals surface area contributed by atoms with Gasteiger partial charge < -0.3 is 10.6 Å². The van der Waals surface area contributed by atoms with Gasteiger partial charge in [0.05, 0.1) is 5.75 Å². The van der Waals surface area contributed by atoms with E-state index in [0.717, 1.165) is 16.7 Å². The zero-order valence-corrected chi connectivity index (χ0v) is 10.4. The van der Waals surface area contributed by atoms with Crippen LogP contribution < -0.4 is 10.6 Å². The maximum Gasteiger partial charge on any atom is 0.309 e. The maximum absolute atomic E-state index is 11.2. The molecule has 1 aliphatic heterocycles. The Balaban J connectivity index is 2.27. The van der Waals surface area contributed by atoms with E-state index in [-0.39, 0.29) is 36.5 Å². The molecule has 8 heteroatoms. The van der Waals surface area contributed by atoms with Crippen molar-refractivity contribution in [2.75, 3.05) is 25.4 Å². The van der Waals surface area contributed by atoms with Crippen LogP contribution in [0.3, 0.4) is 0 Å². The van der Waals surface area contributed by atoms with Gasteiger partial charge in [-0.3, -0.25) is 24.1 Å². The minimum absolute atomic E-state index is 0.0540. The fourth-order valence-corrected chi connectivity index (χ4v) is 1.96. The summed E-state index contributed by atoms with van der Waals surface area (Å²) in [5.74, 6) is -1.73. The zero-order valence-electron chi connectivity index (χ0n) is 9.60. The molecule has 0 atom stereocenters. The number of thioether (sulfide) groups is 1. The van der Waals surface area contributed by atoms with E-state index >= 15 is 0 Å². The largest absolute Gasteiger partial charge is 0.346 e. The lowest BCUT2D eigenvalue weighted by Gasteiger charge is -2.12. The summed E-state index contributed by atoms with van der Waals surface area (Å²) in [4.78, 5) is 45.8. The fourth-order valence-electron chi connectivity index (χ4n) is 1.20. The summed E-state index contributed by atoms with van der Waals surface area (Å²) >= 11 is 0.924. The lowest BCUT2D eigenvalue weighted by atomic mass is 10.4. The van der Waals surface area contributed by atoms with Gasteiger partial charge in [-0.15, -0.1) is 6.58 Å². The topological polar surface area (TPSA) is 95.6 Å². The third kappa shape index (κ3) is 3.88. The van der Waals surface area contributed by atoms with Crippen LogP contribution in [0.25, 0.3) is 0 Å². The standard InChI is InChI=1S/C10H13N3O4S/c1-2-3-11-8(15)9(16)12-4-5-13-7(14)6-18-10(13)17/h2H,1,3-6H2,(H,11,15)(H,12,16). The molecule has 1 saturated heterocycles. The number of imide groups is 1. The highest BCUT2D eigenvalue weighted by atomic mass is 32.2. The van der Waals surface area contributed by atoms with Gasteiger partial charge >= 0.3 is 11.8 Å². The first kappa shape index (κ1) is 14.2. The Morgan fingerprint density at radius 2 is 2.00 bits per heavy atom. The van der Waals surface area contributed by atoms with E-state index in [9.17, 15) is 19.2 Å². The number of hydrogen-bond donors (Lipinski definition) is 2. The molecule has 0 unspecified atom stereocenters. The second kappa shape index (κ2) is 6.80. The van der Waals surface area contributed by atoms with E-state index in [0.29, 0.717) is 0 Å². The number of hydrogen-bond acceptors (Lipinski definition) is 5. The average Bonchev–Trinajstić information content (AvgIpc) is 2.67. The first-order valence-corrected chi connectivity index (χ1v) is 6.19. The number of nitrogens with zero attached hydrogens (tertiary/aromatic N) is 1. The number of nitrogens with one attached hydrogen (secondary N) is 2. The monoisotopic (exact) mass is 271 g/mol. The molecule has 0 aliphatic carbocycles. The predicted octanol–water partition coefficient (Wildman–Crippen LogP) is -0.900. The molecule has 0 aromatic rings. The van der Waals surface area contributed by atoms with Gasteiger partial charge in [0.2, 0.25) is 5.91 Å². The molecule has 1 aliphatic rings. The summed E-state index contributed by atoms with van der Waals surface area (Å²) in [6.45, 7) is 3.72. The van der Waals surface area contributed by atoms with Crippen molar-refractivity contribution in [2.45, 2.75) is 0 Å². The van der Waals surface area contributed by atoms with Crippen LogP contribution in [0.4, 0.5) is 4.79 Å². The predicted molar refractivity (Wildman–Crippen MR) is 65.8 cm³/mol.